The van der Waals surface area contributed by atoms with E-state index in [2.05, 4.69) is 0 Å². The van der Waals surface area contributed by atoms with Crippen LogP contribution in [0, 0.1) is 0 Å². The number of esters is 1. The van der Waals surface area contributed by atoms with Crippen LogP contribution in [0.25, 0.3) is 0 Å². The van der Waals surface area contributed by atoms with Gasteiger partial charge in [0.05, 0.1) is 13.5 Å². The maximum Gasteiger partial charge on any atom is 0.315 e. The van der Waals surface area contributed by atoms with E-state index in [1.807, 2.05) is 0 Å². The summed E-state index contributed by atoms with van der Waals surface area (Å²) in [5, 5.41) is 28.3. The maximum absolute atomic E-state index is 11.8. The van der Waals surface area contributed by atoms with Crippen LogP contribution in [0.2, 0.25) is 0 Å². The molecule has 21 heavy (non-hydrogen) atoms. The molecule has 0 amide bonds. The van der Waals surface area contributed by atoms with Gasteiger partial charge in [0.2, 0.25) is 0 Å². The highest BCUT2D eigenvalue weighted by atomic mass is 16.5. The lowest BCUT2D eigenvalue weighted by Gasteiger charge is -2.08. The molecule has 6 heteroatoms. The van der Waals surface area contributed by atoms with Crippen LogP contribution in [0.15, 0.2) is 36.4 Å². The summed E-state index contributed by atoms with van der Waals surface area (Å²) in [5.41, 5.74) is 0.538. The molecule has 0 aromatic heterocycles. The zero-order valence-electron chi connectivity index (χ0n) is 11.2. The van der Waals surface area contributed by atoms with Gasteiger partial charge < -0.3 is 24.8 Å². The molecule has 0 bridgehead atoms. The molecule has 0 aliphatic heterocycles. The van der Waals surface area contributed by atoms with E-state index in [1.165, 1.54) is 31.4 Å². The Labute approximate surface area is 120 Å². The van der Waals surface area contributed by atoms with E-state index in [-0.39, 0.29) is 29.4 Å². The molecule has 110 valence electrons. The van der Waals surface area contributed by atoms with Crippen molar-refractivity contribution in [2.45, 2.75) is 6.42 Å². The summed E-state index contributed by atoms with van der Waals surface area (Å²) in [6.07, 6.45) is -0.0854. The first kappa shape index (κ1) is 14.5. The van der Waals surface area contributed by atoms with Crippen molar-refractivity contribution in [3.05, 3.63) is 42.0 Å². The minimum Gasteiger partial charge on any atom is -0.508 e. The summed E-state index contributed by atoms with van der Waals surface area (Å²) in [7, 11) is 1.43. The Morgan fingerprint density at radius 1 is 1.00 bits per heavy atom. The van der Waals surface area contributed by atoms with Gasteiger partial charge in [0.15, 0.2) is 23.0 Å². The van der Waals surface area contributed by atoms with E-state index in [0.717, 1.165) is 6.07 Å². The standard InChI is InChI=1S/C15H14O6/c1-20-13-4-2-9(6-11(13)17)7-15(19)21-14-5-3-10(16)8-12(14)18/h2-6,8,16-18H,7H2,1H3. The predicted octanol–water partition coefficient (Wildman–Crippen LogP) is 1.96. The van der Waals surface area contributed by atoms with Gasteiger partial charge in [0.1, 0.15) is 5.75 Å². The number of phenols is 3. The number of hydrogen-bond donors (Lipinski definition) is 3. The molecule has 2 aromatic carbocycles. The first-order chi connectivity index (χ1) is 9.99. The highest BCUT2D eigenvalue weighted by molar-refractivity contribution is 5.76. The van der Waals surface area contributed by atoms with E-state index in [1.54, 1.807) is 6.07 Å². The van der Waals surface area contributed by atoms with Crippen LogP contribution >= 0.6 is 0 Å². The molecule has 0 spiro atoms. The van der Waals surface area contributed by atoms with Crippen LogP contribution in [0.4, 0.5) is 0 Å². The second kappa shape index (κ2) is 6.04. The molecule has 2 rings (SSSR count). The smallest absolute Gasteiger partial charge is 0.315 e. The largest absolute Gasteiger partial charge is 0.508 e. The Hall–Kier alpha value is -2.89. The van der Waals surface area contributed by atoms with E-state index >= 15 is 0 Å². The number of benzene rings is 2. The van der Waals surface area contributed by atoms with E-state index in [0.29, 0.717) is 11.3 Å². The fourth-order valence-electron chi connectivity index (χ4n) is 1.76. The summed E-state index contributed by atoms with van der Waals surface area (Å²) in [6.45, 7) is 0. The topological polar surface area (TPSA) is 96.2 Å². The maximum atomic E-state index is 11.8. The Morgan fingerprint density at radius 3 is 2.29 bits per heavy atom. The summed E-state index contributed by atoms with van der Waals surface area (Å²) in [4.78, 5) is 11.8. The lowest BCUT2D eigenvalue weighted by Crippen LogP contribution is -2.11. The minimum absolute atomic E-state index is 0.0458. The average molecular weight is 290 g/mol. The van der Waals surface area contributed by atoms with Crippen molar-refractivity contribution in [2.75, 3.05) is 7.11 Å². The third kappa shape index (κ3) is 3.56. The Morgan fingerprint density at radius 2 is 1.67 bits per heavy atom. The fourth-order valence-corrected chi connectivity index (χ4v) is 1.76. The summed E-state index contributed by atoms with van der Waals surface area (Å²) < 4.78 is 9.89. The van der Waals surface area contributed by atoms with Gasteiger partial charge in [-0.05, 0) is 29.8 Å². The van der Waals surface area contributed by atoms with Crippen molar-refractivity contribution in [1.29, 1.82) is 0 Å². The third-order valence-corrected chi connectivity index (χ3v) is 2.76. The number of hydrogen-bond acceptors (Lipinski definition) is 6. The number of carbonyl (C=O) groups is 1. The second-order valence-electron chi connectivity index (χ2n) is 4.31. The molecule has 0 atom stereocenters. The molecule has 2 aromatic rings. The van der Waals surface area contributed by atoms with Crippen LogP contribution < -0.4 is 9.47 Å². The van der Waals surface area contributed by atoms with E-state index in [4.69, 9.17) is 14.6 Å². The Kier molecular flexibility index (Phi) is 4.18. The molecular formula is C15H14O6. The highest BCUT2D eigenvalue weighted by Crippen LogP contribution is 2.30. The van der Waals surface area contributed by atoms with Gasteiger partial charge in [0.25, 0.3) is 0 Å². The first-order valence-corrected chi connectivity index (χ1v) is 6.08. The Bertz CT molecular complexity index is 665. The molecule has 0 radical (unpaired) electrons. The van der Waals surface area contributed by atoms with Crippen molar-refractivity contribution in [3.63, 3.8) is 0 Å². The quantitative estimate of drug-likeness (QED) is 0.588. The molecule has 0 aliphatic rings. The predicted molar refractivity (Wildman–Crippen MR) is 73.8 cm³/mol. The monoisotopic (exact) mass is 290 g/mol. The van der Waals surface area contributed by atoms with Gasteiger partial charge in [0, 0.05) is 6.07 Å². The molecule has 0 saturated carbocycles. The fraction of sp³-hybridized carbons (Fsp3) is 0.133. The minimum atomic E-state index is -0.611. The molecular weight excluding hydrogens is 276 g/mol. The zero-order chi connectivity index (χ0) is 15.4. The van der Waals surface area contributed by atoms with E-state index < -0.39 is 5.97 Å². The summed E-state index contributed by atoms with van der Waals surface area (Å²) >= 11 is 0. The van der Waals surface area contributed by atoms with Gasteiger partial charge >= 0.3 is 5.97 Å². The normalized spacial score (nSPS) is 10.1. The number of rotatable bonds is 4. The number of aromatic hydroxyl groups is 3. The third-order valence-electron chi connectivity index (χ3n) is 2.76. The van der Waals surface area contributed by atoms with Crippen molar-refractivity contribution >= 4 is 5.97 Å². The average Bonchev–Trinajstić information content (AvgIpc) is 2.42. The van der Waals surface area contributed by atoms with E-state index in [9.17, 15) is 15.0 Å². The molecule has 0 unspecified atom stereocenters. The molecule has 0 fully saturated rings. The van der Waals surface area contributed by atoms with Crippen LogP contribution in [0.1, 0.15) is 5.56 Å². The molecule has 0 heterocycles. The molecule has 6 nitrogen and oxygen atoms in total. The van der Waals surface area contributed by atoms with Gasteiger partial charge in [-0.2, -0.15) is 0 Å². The lowest BCUT2D eigenvalue weighted by atomic mass is 10.1. The van der Waals surface area contributed by atoms with Crippen LogP contribution in [-0.4, -0.2) is 28.4 Å². The highest BCUT2D eigenvalue weighted by Gasteiger charge is 2.12. The van der Waals surface area contributed by atoms with Crippen molar-refractivity contribution in [1.82, 2.24) is 0 Å². The number of carbonyl (C=O) groups excluding carboxylic acids is 1. The van der Waals surface area contributed by atoms with Crippen LogP contribution in [0.5, 0.6) is 28.7 Å². The zero-order valence-corrected chi connectivity index (χ0v) is 11.2. The second-order valence-corrected chi connectivity index (χ2v) is 4.31. The summed E-state index contributed by atoms with van der Waals surface area (Å²) in [5.74, 6) is -0.886. The summed E-state index contributed by atoms with van der Waals surface area (Å²) in [6, 6.07) is 8.21. The Balaban J connectivity index is 2.06. The molecule has 3 N–H and O–H groups in total. The van der Waals surface area contributed by atoms with Gasteiger partial charge in [-0.1, -0.05) is 6.07 Å². The SMILES string of the molecule is COc1ccc(CC(=O)Oc2ccc(O)cc2O)cc1O. The van der Waals surface area contributed by atoms with Crippen LogP contribution in [0.3, 0.4) is 0 Å². The molecule has 0 saturated heterocycles. The van der Waals surface area contributed by atoms with Crippen molar-refractivity contribution in [3.8, 4) is 28.7 Å². The van der Waals surface area contributed by atoms with Crippen molar-refractivity contribution in [2.24, 2.45) is 0 Å². The number of methoxy groups -OCH3 is 1. The molecule has 0 aliphatic carbocycles. The first-order valence-electron chi connectivity index (χ1n) is 6.08. The van der Waals surface area contributed by atoms with Crippen LogP contribution in [-0.2, 0) is 11.2 Å². The van der Waals surface area contributed by atoms with Crippen molar-refractivity contribution < 1.29 is 29.6 Å². The van der Waals surface area contributed by atoms with Gasteiger partial charge in [-0.25, -0.2) is 0 Å². The van der Waals surface area contributed by atoms with Gasteiger partial charge in [-0.3, -0.25) is 4.79 Å². The number of ether oxygens (including phenoxy) is 2. The number of phenolic OH excluding ortho intramolecular Hbond substituents is 3. The lowest BCUT2D eigenvalue weighted by molar-refractivity contribution is -0.133. The van der Waals surface area contributed by atoms with Gasteiger partial charge in [-0.15, -0.1) is 0 Å².